The van der Waals surface area contributed by atoms with Crippen LogP contribution in [0.3, 0.4) is 0 Å². The minimum atomic E-state index is 0. The zero-order valence-corrected chi connectivity index (χ0v) is 17.3. The van der Waals surface area contributed by atoms with Gasteiger partial charge in [0.2, 0.25) is 0 Å². The fourth-order valence-corrected chi connectivity index (χ4v) is 4.53. The summed E-state index contributed by atoms with van der Waals surface area (Å²) in [6.07, 6.45) is 5.09. The molecule has 134 valence electrons. The van der Waals surface area contributed by atoms with Crippen molar-refractivity contribution in [1.82, 2.24) is 10.2 Å². The molecule has 1 aliphatic heterocycles. The van der Waals surface area contributed by atoms with E-state index in [4.69, 9.17) is 5.73 Å². The van der Waals surface area contributed by atoms with E-state index in [0.29, 0.717) is 18.0 Å². The summed E-state index contributed by atoms with van der Waals surface area (Å²) in [7, 11) is 0. The number of guanidine groups is 1. The van der Waals surface area contributed by atoms with Gasteiger partial charge in [0.05, 0.1) is 6.54 Å². The highest BCUT2D eigenvalue weighted by Crippen LogP contribution is 2.20. The van der Waals surface area contributed by atoms with Gasteiger partial charge in [0.15, 0.2) is 5.96 Å². The summed E-state index contributed by atoms with van der Waals surface area (Å²) in [5.41, 5.74) is 7.46. The molecule has 1 unspecified atom stereocenters. The Bertz CT molecular complexity index is 505. The zero-order chi connectivity index (χ0) is 15.9. The third-order valence-corrected chi connectivity index (χ3v) is 5.85. The highest BCUT2D eigenvalue weighted by Gasteiger charge is 2.23. The maximum atomic E-state index is 6.08. The summed E-state index contributed by atoms with van der Waals surface area (Å²) in [6.45, 7) is 2.94. The van der Waals surface area contributed by atoms with E-state index in [1.807, 2.05) is 11.8 Å². The maximum absolute atomic E-state index is 6.08. The molecule has 3 rings (SSSR count). The van der Waals surface area contributed by atoms with Crippen molar-refractivity contribution in [2.45, 2.75) is 44.3 Å². The number of hydrogen-bond acceptors (Lipinski definition) is 3. The highest BCUT2D eigenvalue weighted by atomic mass is 127. The summed E-state index contributed by atoms with van der Waals surface area (Å²) in [5, 5.41) is 3.39. The molecule has 0 spiro atoms. The Hall–Kier alpha value is -0.470. The number of aliphatic imine (C=N–C) groups is 1. The fourth-order valence-electron chi connectivity index (χ4n) is 3.41. The number of halogens is 1. The second kappa shape index (κ2) is 10.5. The van der Waals surface area contributed by atoms with Crippen molar-refractivity contribution in [3.05, 3.63) is 35.9 Å². The van der Waals surface area contributed by atoms with E-state index in [1.54, 1.807) is 0 Å². The van der Waals surface area contributed by atoms with Crippen molar-refractivity contribution in [3.63, 3.8) is 0 Å². The van der Waals surface area contributed by atoms with Gasteiger partial charge in [-0.15, -0.1) is 24.0 Å². The summed E-state index contributed by atoms with van der Waals surface area (Å²) in [5.74, 6) is 2.99. The lowest BCUT2D eigenvalue weighted by Gasteiger charge is -2.34. The normalized spacial score (nSPS) is 23.0. The molecule has 2 aliphatic rings. The van der Waals surface area contributed by atoms with Crippen LogP contribution in [0.25, 0.3) is 0 Å². The van der Waals surface area contributed by atoms with Crippen LogP contribution in [-0.2, 0) is 6.54 Å². The quantitative estimate of drug-likeness (QED) is 0.403. The molecule has 2 fully saturated rings. The van der Waals surface area contributed by atoms with Crippen LogP contribution in [0.1, 0.15) is 31.2 Å². The lowest BCUT2D eigenvalue weighted by molar-refractivity contribution is 0.215. The van der Waals surface area contributed by atoms with Crippen molar-refractivity contribution in [2.75, 3.05) is 24.6 Å². The smallest absolute Gasteiger partial charge is 0.188 e. The molecular formula is C18H29IN4S. The van der Waals surface area contributed by atoms with Crippen molar-refractivity contribution in [3.8, 4) is 0 Å². The van der Waals surface area contributed by atoms with Gasteiger partial charge in [0, 0.05) is 36.7 Å². The molecule has 1 saturated heterocycles. The highest BCUT2D eigenvalue weighted by molar-refractivity contribution is 14.0. The molecule has 0 bridgehead atoms. The minimum absolute atomic E-state index is 0. The topological polar surface area (TPSA) is 53.6 Å². The van der Waals surface area contributed by atoms with E-state index in [2.05, 4.69) is 45.5 Å². The molecule has 0 aromatic heterocycles. The first-order chi connectivity index (χ1) is 11.3. The molecule has 1 aromatic carbocycles. The maximum Gasteiger partial charge on any atom is 0.188 e. The summed E-state index contributed by atoms with van der Waals surface area (Å²) < 4.78 is 0. The van der Waals surface area contributed by atoms with Gasteiger partial charge in [0.1, 0.15) is 0 Å². The van der Waals surface area contributed by atoms with Crippen LogP contribution in [0.4, 0.5) is 0 Å². The van der Waals surface area contributed by atoms with Gasteiger partial charge in [-0.05, 0) is 18.4 Å². The predicted octanol–water partition coefficient (Wildman–Crippen LogP) is 3.07. The summed E-state index contributed by atoms with van der Waals surface area (Å²) in [6, 6.07) is 11.7. The average Bonchev–Trinajstić information content (AvgIpc) is 3.08. The molecule has 0 amide bonds. The largest absolute Gasteiger partial charge is 0.370 e. The van der Waals surface area contributed by atoms with Gasteiger partial charge in [-0.3, -0.25) is 9.89 Å². The molecular weight excluding hydrogens is 431 g/mol. The van der Waals surface area contributed by atoms with Gasteiger partial charge in [0.25, 0.3) is 0 Å². The molecule has 6 heteroatoms. The summed E-state index contributed by atoms with van der Waals surface area (Å²) >= 11 is 2.03. The van der Waals surface area contributed by atoms with E-state index >= 15 is 0 Å². The van der Waals surface area contributed by atoms with Crippen LogP contribution in [0.5, 0.6) is 0 Å². The Morgan fingerprint density at radius 1 is 1.25 bits per heavy atom. The third kappa shape index (κ3) is 6.11. The van der Waals surface area contributed by atoms with E-state index in [1.165, 1.54) is 37.0 Å². The molecule has 1 aliphatic carbocycles. The van der Waals surface area contributed by atoms with Crippen LogP contribution in [0, 0.1) is 0 Å². The lowest BCUT2D eigenvalue weighted by atomic mass is 10.2. The molecule has 24 heavy (non-hydrogen) atoms. The monoisotopic (exact) mass is 460 g/mol. The number of rotatable bonds is 5. The van der Waals surface area contributed by atoms with E-state index in [-0.39, 0.29) is 24.0 Å². The van der Waals surface area contributed by atoms with Gasteiger partial charge in [-0.25, -0.2) is 0 Å². The summed E-state index contributed by atoms with van der Waals surface area (Å²) in [4.78, 5) is 7.19. The van der Waals surface area contributed by atoms with Crippen molar-refractivity contribution in [2.24, 2.45) is 10.7 Å². The average molecular weight is 460 g/mol. The molecule has 1 heterocycles. The Labute approximate surface area is 167 Å². The van der Waals surface area contributed by atoms with Crippen LogP contribution >= 0.6 is 35.7 Å². The minimum Gasteiger partial charge on any atom is -0.370 e. The van der Waals surface area contributed by atoms with Gasteiger partial charge in [-0.2, -0.15) is 11.8 Å². The first-order valence-electron chi connectivity index (χ1n) is 8.73. The number of nitrogens with two attached hydrogens (primary N) is 1. The molecule has 4 nitrogen and oxygen atoms in total. The Morgan fingerprint density at radius 3 is 2.75 bits per heavy atom. The van der Waals surface area contributed by atoms with Gasteiger partial charge < -0.3 is 11.1 Å². The zero-order valence-electron chi connectivity index (χ0n) is 14.2. The number of nitrogens with one attached hydrogen (secondary N) is 1. The molecule has 0 radical (unpaired) electrons. The molecule has 1 atom stereocenters. The number of thioether (sulfide) groups is 1. The fraction of sp³-hybridized carbons (Fsp3) is 0.611. The van der Waals surface area contributed by atoms with Crippen molar-refractivity contribution >= 4 is 41.7 Å². The standard InChI is InChI=1S/C18H28N4S.HI/c19-18(21-16-8-4-5-9-16)20-12-17-14-23-11-10-22(17)13-15-6-2-1-3-7-15;/h1-3,6-7,16-17H,4-5,8-14H2,(H3,19,20,21);1H. The lowest BCUT2D eigenvalue weighted by Crippen LogP contribution is -2.45. The SMILES string of the molecule is I.NC(=NCC1CSCCN1Cc1ccccc1)NC1CCCC1. The number of benzene rings is 1. The molecule has 1 aromatic rings. The van der Waals surface area contributed by atoms with E-state index in [9.17, 15) is 0 Å². The van der Waals surface area contributed by atoms with Crippen LogP contribution in [0.15, 0.2) is 35.3 Å². The molecule has 1 saturated carbocycles. The number of nitrogens with zero attached hydrogens (tertiary/aromatic N) is 2. The second-order valence-corrected chi connectivity index (χ2v) is 7.69. The van der Waals surface area contributed by atoms with Gasteiger partial charge >= 0.3 is 0 Å². The van der Waals surface area contributed by atoms with E-state index in [0.717, 1.165) is 25.4 Å². The van der Waals surface area contributed by atoms with Crippen LogP contribution in [0.2, 0.25) is 0 Å². The first-order valence-corrected chi connectivity index (χ1v) is 9.89. The van der Waals surface area contributed by atoms with Crippen LogP contribution in [-0.4, -0.2) is 47.5 Å². The Morgan fingerprint density at radius 2 is 2.00 bits per heavy atom. The Balaban J connectivity index is 0.00000208. The Kier molecular flexibility index (Phi) is 8.69. The molecule has 3 N–H and O–H groups in total. The van der Waals surface area contributed by atoms with Gasteiger partial charge in [-0.1, -0.05) is 43.2 Å². The number of hydrogen-bond donors (Lipinski definition) is 2. The van der Waals surface area contributed by atoms with Crippen molar-refractivity contribution in [1.29, 1.82) is 0 Å². The van der Waals surface area contributed by atoms with E-state index < -0.39 is 0 Å². The predicted molar refractivity (Wildman–Crippen MR) is 115 cm³/mol. The van der Waals surface area contributed by atoms with Crippen molar-refractivity contribution < 1.29 is 0 Å². The van der Waals surface area contributed by atoms with Crippen LogP contribution < -0.4 is 11.1 Å². The first kappa shape index (κ1) is 19.8. The third-order valence-electron chi connectivity index (χ3n) is 4.76. The second-order valence-electron chi connectivity index (χ2n) is 6.54.